The van der Waals surface area contributed by atoms with Gasteiger partial charge >= 0.3 is 0 Å². The fraction of sp³-hybridized carbons (Fsp3) is 0.250. The van der Waals surface area contributed by atoms with Crippen LogP contribution in [-0.2, 0) is 0 Å². The molecule has 0 aromatic heterocycles. The van der Waals surface area contributed by atoms with Crippen LogP contribution in [0.4, 0.5) is 4.39 Å². The van der Waals surface area contributed by atoms with Crippen LogP contribution in [0.15, 0.2) is 12.2 Å². The van der Waals surface area contributed by atoms with Gasteiger partial charge in [0.25, 0.3) is 0 Å². The van der Waals surface area contributed by atoms with Crippen molar-refractivity contribution in [1.29, 1.82) is 0 Å². The van der Waals surface area contributed by atoms with Gasteiger partial charge in [-0.2, -0.15) is 0 Å². The van der Waals surface area contributed by atoms with Crippen LogP contribution in [0.25, 0.3) is 0 Å². The molecule has 0 spiro atoms. The second kappa shape index (κ2) is 0.814. The zero-order valence-corrected chi connectivity index (χ0v) is 2.74. The van der Waals surface area contributed by atoms with E-state index in [-0.39, 0.29) is 6.17 Å². The standard InChI is InChI=1S/C4H4F/c5-4-2-1-3-4/h1-2H,3H2. The molecule has 0 heterocycles. The quantitative estimate of drug-likeness (QED) is 0.405. The molecule has 0 aliphatic heterocycles. The summed E-state index contributed by atoms with van der Waals surface area (Å²) in [6.07, 6.45) is 3.82. The Bertz CT molecular complexity index is 56.7. The van der Waals surface area contributed by atoms with Crippen molar-refractivity contribution in [3.05, 3.63) is 18.3 Å². The lowest BCUT2D eigenvalue weighted by atomic mass is 10.1. The van der Waals surface area contributed by atoms with Crippen molar-refractivity contribution in [2.24, 2.45) is 0 Å². The Kier molecular flexibility index (Phi) is 0.469. The van der Waals surface area contributed by atoms with Crippen molar-refractivity contribution in [2.75, 3.05) is 0 Å². The second-order valence-electron chi connectivity index (χ2n) is 1.05. The monoisotopic (exact) mass is 71.0 g/mol. The number of hydrogen-bond acceptors (Lipinski definition) is 0. The third-order valence-corrected chi connectivity index (χ3v) is 0.612. The summed E-state index contributed by atoms with van der Waals surface area (Å²) in [5, 5.41) is 0. The van der Waals surface area contributed by atoms with Crippen molar-refractivity contribution in [3.8, 4) is 0 Å². The zero-order chi connectivity index (χ0) is 3.70. The van der Waals surface area contributed by atoms with Gasteiger partial charge in [0.1, 0.15) is 0 Å². The first-order valence-electron chi connectivity index (χ1n) is 1.57. The van der Waals surface area contributed by atoms with Crippen LogP contribution >= 0.6 is 0 Å². The predicted molar refractivity (Wildman–Crippen MR) is 18.1 cm³/mol. The molecule has 0 N–H and O–H groups in total. The van der Waals surface area contributed by atoms with Gasteiger partial charge in [-0.1, -0.05) is 6.08 Å². The number of hydrogen-bond donors (Lipinski definition) is 0. The molecule has 0 saturated carbocycles. The van der Waals surface area contributed by atoms with Crippen LogP contribution in [-0.4, -0.2) is 0 Å². The van der Waals surface area contributed by atoms with Gasteiger partial charge < -0.3 is 0 Å². The molecular weight excluding hydrogens is 67.0 g/mol. The Morgan fingerprint density at radius 1 is 1.80 bits per heavy atom. The predicted octanol–water partition coefficient (Wildman–Crippen LogP) is 1.45. The Morgan fingerprint density at radius 3 is 2.20 bits per heavy atom. The summed E-state index contributed by atoms with van der Waals surface area (Å²) in [5.74, 6) is 0. The maximum absolute atomic E-state index is 11.3. The highest BCUT2D eigenvalue weighted by atomic mass is 19.1. The van der Waals surface area contributed by atoms with E-state index in [4.69, 9.17) is 0 Å². The van der Waals surface area contributed by atoms with Crippen molar-refractivity contribution in [2.45, 2.75) is 6.42 Å². The number of rotatable bonds is 0. The van der Waals surface area contributed by atoms with Crippen LogP contribution in [0.2, 0.25) is 0 Å². The molecule has 5 heavy (non-hydrogen) atoms. The summed E-state index contributed by atoms with van der Waals surface area (Å²) in [6, 6.07) is 0. The summed E-state index contributed by atoms with van der Waals surface area (Å²) in [4.78, 5) is 0. The third-order valence-electron chi connectivity index (χ3n) is 0.612. The van der Waals surface area contributed by atoms with Gasteiger partial charge in [-0.15, -0.1) is 0 Å². The lowest BCUT2D eigenvalue weighted by Gasteiger charge is -2.01. The van der Waals surface area contributed by atoms with Gasteiger partial charge in [0, 0.05) is 6.42 Å². The average molecular weight is 71.1 g/mol. The lowest BCUT2D eigenvalue weighted by molar-refractivity contribution is 0.509. The van der Waals surface area contributed by atoms with Crippen molar-refractivity contribution in [3.63, 3.8) is 0 Å². The Hall–Kier alpha value is -0.330. The van der Waals surface area contributed by atoms with Gasteiger partial charge in [-0.25, -0.2) is 4.39 Å². The molecule has 0 nitrogen and oxygen atoms in total. The molecule has 0 amide bonds. The fourth-order valence-corrected chi connectivity index (χ4v) is 0.207. The van der Waals surface area contributed by atoms with E-state index in [0.717, 1.165) is 0 Å². The summed E-state index contributed by atoms with van der Waals surface area (Å²) in [5.41, 5.74) is 0. The van der Waals surface area contributed by atoms with E-state index in [0.29, 0.717) is 6.42 Å². The van der Waals surface area contributed by atoms with Gasteiger partial charge in [0.15, 0.2) is 6.17 Å². The maximum atomic E-state index is 11.3. The molecule has 1 aliphatic rings. The molecule has 0 atom stereocenters. The molecule has 0 saturated heterocycles. The summed E-state index contributed by atoms with van der Waals surface area (Å²) >= 11 is 0. The highest BCUT2D eigenvalue weighted by Crippen LogP contribution is 2.18. The molecule has 0 aromatic rings. The first kappa shape index (κ1) is 2.88. The van der Waals surface area contributed by atoms with Crippen LogP contribution in [0.5, 0.6) is 0 Å². The van der Waals surface area contributed by atoms with E-state index in [1.807, 2.05) is 0 Å². The summed E-state index contributed by atoms with van der Waals surface area (Å²) < 4.78 is 11.3. The molecule has 0 fully saturated rings. The van der Waals surface area contributed by atoms with Crippen LogP contribution in [0.1, 0.15) is 6.42 Å². The minimum absolute atomic E-state index is 0.00463. The molecule has 1 heteroatoms. The molecule has 27 valence electrons. The molecule has 1 aliphatic carbocycles. The normalized spacial score (nSPS) is 22.6. The van der Waals surface area contributed by atoms with E-state index in [2.05, 4.69) is 0 Å². The summed E-state index contributed by atoms with van der Waals surface area (Å²) in [6.45, 7) is 0. The van der Waals surface area contributed by atoms with Gasteiger partial charge in [0.05, 0.1) is 0 Å². The second-order valence-corrected chi connectivity index (χ2v) is 1.05. The third kappa shape index (κ3) is 0.318. The summed E-state index contributed by atoms with van der Waals surface area (Å²) in [7, 11) is 0. The molecule has 0 aromatic carbocycles. The van der Waals surface area contributed by atoms with E-state index < -0.39 is 0 Å². The minimum Gasteiger partial charge on any atom is -0.235 e. The highest BCUT2D eigenvalue weighted by molar-refractivity contribution is 5.16. The van der Waals surface area contributed by atoms with Crippen LogP contribution in [0, 0.1) is 6.17 Å². The average Bonchev–Trinajstić information content (AvgIpc) is 1.30. The first-order valence-corrected chi connectivity index (χ1v) is 1.57. The molecular formula is C4H4F. The smallest absolute Gasteiger partial charge is 0.170 e. The number of halogens is 1. The SMILES string of the molecule is F[C]1C=CC1. The Balaban J connectivity index is 2.39. The molecule has 1 radical (unpaired) electrons. The Labute approximate surface area is 30.3 Å². The Morgan fingerprint density at radius 2 is 2.20 bits per heavy atom. The van der Waals surface area contributed by atoms with Crippen molar-refractivity contribution >= 4 is 0 Å². The first-order chi connectivity index (χ1) is 2.39. The van der Waals surface area contributed by atoms with Crippen LogP contribution < -0.4 is 0 Å². The zero-order valence-electron chi connectivity index (χ0n) is 2.74. The maximum Gasteiger partial charge on any atom is 0.170 e. The van der Waals surface area contributed by atoms with Gasteiger partial charge in [-0.05, 0) is 6.08 Å². The van der Waals surface area contributed by atoms with Crippen LogP contribution in [0.3, 0.4) is 0 Å². The fourth-order valence-electron chi connectivity index (χ4n) is 0.207. The lowest BCUT2D eigenvalue weighted by Crippen LogP contribution is -1.88. The molecule has 0 bridgehead atoms. The minimum atomic E-state index is 0.00463. The number of allylic oxidation sites excluding steroid dienone is 2. The van der Waals surface area contributed by atoms with E-state index in [9.17, 15) is 4.39 Å². The highest BCUT2D eigenvalue weighted by Gasteiger charge is 2.06. The largest absolute Gasteiger partial charge is 0.235 e. The van der Waals surface area contributed by atoms with Gasteiger partial charge in [0.2, 0.25) is 0 Å². The van der Waals surface area contributed by atoms with Crippen molar-refractivity contribution < 1.29 is 4.39 Å². The molecule has 0 unspecified atom stereocenters. The van der Waals surface area contributed by atoms with E-state index in [1.165, 1.54) is 6.08 Å². The topological polar surface area (TPSA) is 0 Å². The van der Waals surface area contributed by atoms with Gasteiger partial charge in [-0.3, -0.25) is 0 Å². The van der Waals surface area contributed by atoms with Crippen molar-refractivity contribution in [1.82, 2.24) is 0 Å². The van der Waals surface area contributed by atoms with E-state index in [1.54, 1.807) is 6.08 Å². The van der Waals surface area contributed by atoms with E-state index >= 15 is 0 Å². The molecule has 1 rings (SSSR count).